The Labute approximate surface area is 159 Å². The molecule has 4 aromatic rings. The van der Waals surface area contributed by atoms with Crippen LogP contribution in [-0.4, -0.2) is 5.11 Å². The van der Waals surface area contributed by atoms with Crippen LogP contribution in [0.15, 0.2) is 62.2 Å². The van der Waals surface area contributed by atoms with Gasteiger partial charge in [0.1, 0.15) is 29.5 Å². The summed E-state index contributed by atoms with van der Waals surface area (Å²) in [4.78, 5) is 11.9. The molecule has 142 valence electrons. The molecule has 5 nitrogen and oxygen atoms in total. The van der Waals surface area contributed by atoms with Gasteiger partial charge in [-0.2, -0.15) is 0 Å². The van der Waals surface area contributed by atoms with Crippen molar-refractivity contribution in [2.24, 2.45) is 0 Å². The molecule has 0 aliphatic rings. The van der Waals surface area contributed by atoms with Gasteiger partial charge in [0, 0.05) is 17.0 Å². The standard InChI is InChI=1S/C22H17FO5/c1-12-20(24)13(2)22(25)28-21(12)19-9-15-6-7-17(10-18(15)27-19)26-11-14-4-3-5-16(23)8-14/h3-10,24H,11H2,1-2H3. The number of hydrogen-bond donors (Lipinski definition) is 1. The molecule has 1 N–H and O–H groups in total. The van der Waals surface area contributed by atoms with Crippen LogP contribution in [0.25, 0.3) is 22.5 Å². The highest BCUT2D eigenvalue weighted by Crippen LogP contribution is 2.34. The van der Waals surface area contributed by atoms with Crippen LogP contribution in [0.2, 0.25) is 0 Å². The molecular weight excluding hydrogens is 363 g/mol. The number of rotatable bonds is 4. The van der Waals surface area contributed by atoms with E-state index in [2.05, 4.69) is 0 Å². The summed E-state index contributed by atoms with van der Waals surface area (Å²) in [6.07, 6.45) is 0. The number of benzene rings is 2. The molecule has 0 bridgehead atoms. The first kappa shape index (κ1) is 17.9. The van der Waals surface area contributed by atoms with Crippen molar-refractivity contribution in [1.82, 2.24) is 0 Å². The number of fused-ring (bicyclic) bond motifs is 1. The van der Waals surface area contributed by atoms with Crippen molar-refractivity contribution in [3.05, 3.63) is 81.5 Å². The summed E-state index contributed by atoms with van der Waals surface area (Å²) in [5, 5.41) is 10.9. The fraction of sp³-hybridized carbons (Fsp3) is 0.136. The van der Waals surface area contributed by atoms with Gasteiger partial charge in [-0.25, -0.2) is 9.18 Å². The molecule has 2 aromatic heterocycles. The van der Waals surface area contributed by atoms with E-state index < -0.39 is 5.63 Å². The van der Waals surface area contributed by atoms with Gasteiger partial charge in [0.15, 0.2) is 11.5 Å². The summed E-state index contributed by atoms with van der Waals surface area (Å²) in [6, 6.07) is 13.2. The Morgan fingerprint density at radius 2 is 1.86 bits per heavy atom. The van der Waals surface area contributed by atoms with Gasteiger partial charge in [0.05, 0.1) is 5.56 Å². The predicted molar refractivity (Wildman–Crippen MR) is 102 cm³/mol. The highest BCUT2D eigenvalue weighted by atomic mass is 19.1. The quantitative estimate of drug-likeness (QED) is 0.534. The smallest absolute Gasteiger partial charge is 0.343 e. The van der Waals surface area contributed by atoms with Crippen LogP contribution in [0.4, 0.5) is 4.39 Å². The van der Waals surface area contributed by atoms with Gasteiger partial charge >= 0.3 is 5.63 Å². The highest BCUT2D eigenvalue weighted by molar-refractivity contribution is 5.83. The van der Waals surface area contributed by atoms with Gasteiger partial charge in [-0.3, -0.25) is 0 Å². The second-order valence-electron chi connectivity index (χ2n) is 6.55. The number of hydrogen-bond acceptors (Lipinski definition) is 5. The lowest BCUT2D eigenvalue weighted by atomic mass is 10.1. The van der Waals surface area contributed by atoms with Crippen molar-refractivity contribution in [2.75, 3.05) is 0 Å². The molecule has 6 heteroatoms. The van der Waals surface area contributed by atoms with Crippen LogP contribution in [0.1, 0.15) is 16.7 Å². The second kappa shape index (κ2) is 6.88. The lowest BCUT2D eigenvalue weighted by Gasteiger charge is -2.06. The second-order valence-corrected chi connectivity index (χ2v) is 6.55. The Morgan fingerprint density at radius 1 is 1.04 bits per heavy atom. The molecule has 2 aromatic carbocycles. The molecule has 0 saturated heterocycles. The SMILES string of the molecule is Cc1c(-c2cc3ccc(OCc4cccc(F)c4)cc3o2)oc(=O)c(C)c1O. The normalized spacial score (nSPS) is 11.1. The fourth-order valence-corrected chi connectivity index (χ4v) is 2.97. The minimum atomic E-state index is -0.613. The van der Waals surface area contributed by atoms with E-state index >= 15 is 0 Å². The monoisotopic (exact) mass is 380 g/mol. The van der Waals surface area contributed by atoms with E-state index in [0.29, 0.717) is 28.2 Å². The third-order valence-corrected chi connectivity index (χ3v) is 4.56. The largest absolute Gasteiger partial charge is 0.507 e. The zero-order valence-electron chi connectivity index (χ0n) is 15.3. The van der Waals surface area contributed by atoms with Crippen LogP contribution < -0.4 is 10.4 Å². The Hall–Kier alpha value is -3.54. The molecule has 28 heavy (non-hydrogen) atoms. The first-order valence-electron chi connectivity index (χ1n) is 8.67. The maximum atomic E-state index is 13.3. The first-order valence-corrected chi connectivity index (χ1v) is 8.67. The van der Waals surface area contributed by atoms with Crippen molar-refractivity contribution in [3.8, 4) is 23.0 Å². The van der Waals surface area contributed by atoms with Gasteiger partial charge in [0.2, 0.25) is 0 Å². The van der Waals surface area contributed by atoms with Crippen molar-refractivity contribution in [2.45, 2.75) is 20.5 Å². The molecule has 0 radical (unpaired) electrons. The lowest BCUT2D eigenvalue weighted by molar-refractivity contribution is 0.305. The van der Waals surface area contributed by atoms with Crippen LogP contribution in [0, 0.1) is 19.7 Å². The lowest BCUT2D eigenvalue weighted by Crippen LogP contribution is -2.05. The summed E-state index contributed by atoms with van der Waals surface area (Å²) < 4.78 is 30.1. The van der Waals surface area contributed by atoms with Crippen molar-refractivity contribution >= 4 is 11.0 Å². The Bertz CT molecular complexity index is 1240. The predicted octanol–water partition coefficient (Wildman–Crippen LogP) is 5.09. The Kier molecular flexibility index (Phi) is 4.39. The topological polar surface area (TPSA) is 72.8 Å². The van der Waals surface area contributed by atoms with E-state index in [4.69, 9.17) is 13.6 Å². The van der Waals surface area contributed by atoms with Crippen molar-refractivity contribution in [1.29, 1.82) is 0 Å². The minimum Gasteiger partial charge on any atom is -0.507 e. The molecule has 0 amide bonds. The van der Waals surface area contributed by atoms with Gasteiger partial charge in [-0.15, -0.1) is 0 Å². The molecule has 0 aliphatic carbocycles. The molecule has 4 rings (SSSR count). The summed E-state index contributed by atoms with van der Waals surface area (Å²) in [5.74, 6) is 0.660. The molecule has 0 unspecified atom stereocenters. The number of halogens is 1. The van der Waals surface area contributed by atoms with E-state index in [9.17, 15) is 14.3 Å². The van der Waals surface area contributed by atoms with E-state index in [1.807, 2.05) is 6.07 Å². The third-order valence-electron chi connectivity index (χ3n) is 4.56. The average molecular weight is 380 g/mol. The fourth-order valence-electron chi connectivity index (χ4n) is 2.97. The first-order chi connectivity index (χ1) is 13.4. The zero-order chi connectivity index (χ0) is 19.8. The molecule has 0 fully saturated rings. The van der Waals surface area contributed by atoms with E-state index in [1.165, 1.54) is 19.1 Å². The summed E-state index contributed by atoms with van der Waals surface area (Å²) in [5.41, 5.74) is 1.23. The van der Waals surface area contributed by atoms with Crippen molar-refractivity contribution in [3.63, 3.8) is 0 Å². The molecule has 0 aliphatic heterocycles. The van der Waals surface area contributed by atoms with Crippen LogP contribution in [-0.2, 0) is 6.61 Å². The van der Waals surface area contributed by atoms with E-state index in [1.54, 1.807) is 37.3 Å². The molecule has 2 heterocycles. The van der Waals surface area contributed by atoms with Gasteiger partial charge in [-0.1, -0.05) is 12.1 Å². The van der Waals surface area contributed by atoms with Crippen LogP contribution in [0.3, 0.4) is 0 Å². The average Bonchev–Trinajstić information content (AvgIpc) is 3.10. The summed E-state index contributed by atoms with van der Waals surface area (Å²) in [6.45, 7) is 3.37. The maximum absolute atomic E-state index is 13.3. The molecule has 0 saturated carbocycles. The zero-order valence-corrected chi connectivity index (χ0v) is 15.3. The van der Waals surface area contributed by atoms with Crippen LogP contribution >= 0.6 is 0 Å². The number of aromatic hydroxyl groups is 1. The van der Waals surface area contributed by atoms with E-state index in [0.717, 1.165) is 5.39 Å². The third kappa shape index (κ3) is 3.24. The van der Waals surface area contributed by atoms with Gasteiger partial charge < -0.3 is 18.7 Å². The minimum absolute atomic E-state index is 0.106. The molecule has 0 atom stereocenters. The summed E-state index contributed by atoms with van der Waals surface area (Å²) in [7, 11) is 0. The molecule has 0 spiro atoms. The Balaban J connectivity index is 1.65. The maximum Gasteiger partial charge on any atom is 0.343 e. The van der Waals surface area contributed by atoms with Crippen LogP contribution in [0.5, 0.6) is 11.5 Å². The number of furan rings is 1. The molecular formula is C22H17FO5. The summed E-state index contributed by atoms with van der Waals surface area (Å²) >= 11 is 0. The van der Waals surface area contributed by atoms with E-state index in [-0.39, 0.29) is 29.5 Å². The van der Waals surface area contributed by atoms with Crippen molar-refractivity contribution < 1.29 is 23.1 Å². The Morgan fingerprint density at radius 3 is 2.64 bits per heavy atom. The van der Waals surface area contributed by atoms with Gasteiger partial charge in [0.25, 0.3) is 0 Å². The van der Waals surface area contributed by atoms with Gasteiger partial charge in [-0.05, 0) is 49.7 Å². The number of ether oxygens (including phenoxy) is 1. The highest BCUT2D eigenvalue weighted by Gasteiger charge is 2.18.